The van der Waals surface area contributed by atoms with E-state index in [4.69, 9.17) is 0 Å². The molecular formula is C16H22N4OS. The molecule has 0 aromatic carbocycles. The van der Waals surface area contributed by atoms with Crippen LogP contribution >= 0.6 is 11.3 Å². The van der Waals surface area contributed by atoms with Gasteiger partial charge < -0.3 is 9.47 Å². The SMILES string of the molecule is CCc1nccn1[C@H]1CCCN(C(=O)Cc2csc(C)n2)C1. The molecule has 2 aromatic rings. The predicted molar refractivity (Wildman–Crippen MR) is 87.0 cm³/mol. The van der Waals surface area contributed by atoms with E-state index >= 15 is 0 Å². The molecule has 2 aromatic heterocycles. The van der Waals surface area contributed by atoms with E-state index in [2.05, 4.69) is 21.5 Å². The molecule has 1 aliphatic heterocycles. The molecule has 0 aliphatic carbocycles. The van der Waals surface area contributed by atoms with Crippen molar-refractivity contribution in [2.45, 2.75) is 45.6 Å². The Hall–Kier alpha value is -1.69. The molecule has 6 heteroatoms. The van der Waals surface area contributed by atoms with Gasteiger partial charge in [0.2, 0.25) is 5.91 Å². The number of likely N-dealkylation sites (tertiary alicyclic amines) is 1. The fraction of sp³-hybridized carbons (Fsp3) is 0.562. The van der Waals surface area contributed by atoms with Crippen molar-refractivity contribution in [2.75, 3.05) is 13.1 Å². The van der Waals surface area contributed by atoms with Gasteiger partial charge in [-0.3, -0.25) is 4.79 Å². The molecule has 0 N–H and O–H groups in total. The summed E-state index contributed by atoms with van der Waals surface area (Å²) in [6, 6.07) is 0.354. The first kappa shape index (κ1) is 15.2. The number of aryl methyl sites for hydroxylation is 2. The third-order valence-corrected chi connectivity index (χ3v) is 5.03. The molecule has 0 unspecified atom stereocenters. The highest BCUT2D eigenvalue weighted by atomic mass is 32.1. The first-order valence-corrected chi connectivity index (χ1v) is 8.75. The number of hydrogen-bond acceptors (Lipinski definition) is 4. The van der Waals surface area contributed by atoms with Crippen LogP contribution in [0.25, 0.3) is 0 Å². The number of thiazole rings is 1. The maximum absolute atomic E-state index is 12.5. The van der Waals surface area contributed by atoms with Crippen LogP contribution in [0, 0.1) is 6.92 Å². The lowest BCUT2D eigenvalue weighted by Crippen LogP contribution is -2.41. The Bertz CT molecular complexity index is 648. The van der Waals surface area contributed by atoms with E-state index in [1.54, 1.807) is 11.3 Å². The minimum Gasteiger partial charge on any atom is -0.340 e. The van der Waals surface area contributed by atoms with Crippen LogP contribution in [0.3, 0.4) is 0 Å². The summed E-state index contributed by atoms with van der Waals surface area (Å²) in [4.78, 5) is 23.3. The van der Waals surface area contributed by atoms with Gasteiger partial charge in [-0.2, -0.15) is 0 Å². The normalized spacial score (nSPS) is 18.6. The van der Waals surface area contributed by atoms with Gasteiger partial charge in [-0.05, 0) is 19.8 Å². The summed E-state index contributed by atoms with van der Waals surface area (Å²) in [5, 5.41) is 3.00. The van der Waals surface area contributed by atoms with Crippen LogP contribution in [0.1, 0.15) is 42.3 Å². The minimum absolute atomic E-state index is 0.188. The maximum atomic E-state index is 12.5. The summed E-state index contributed by atoms with van der Waals surface area (Å²) in [7, 11) is 0. The number of carbonyl (C=O) groups is 1. The van der Waals surface area contributed by atoms with Gasteiger partial charge in [-0.25, -0.2) is 9.97 Å². The summed E-state index contributed by atoms with van der Waals surface area (Å²) in [5.74, 6) is 1.29. The van der Waals surface area contributed by atoms with E-state index in [0.29, 0.717) is 12.5 Å². The number of carbonyl (C=O) groups excluding carboxylic acids is 1. The summed E-state index contributed by atoms with van der Waals surface area (Å²) in [6.45, 7) is 5.73. The molecule has 1 amide bonds. The Morgan fingerprint density at radius 1 is 1.50 bits per heavy atom. The molecule has 0 radical (unpaired) electrons. The molecule has 1 fully saturated rings. The molecule has 0 saturated carbocycles. The van der Waals surface area contributed by atoms with Crippen LogP contribution in [-0.2, 0) is 17.6 Å². The first-order chi connectivity index (χ1) is 10.7. The summed E-state index contributed by atoms with van der Waals surface area (Å²) >= 11 is 1.60. The van der Waals surface area contributed by atoms with Crippen molar-refractivity contribution >= 4 is 17.2 Å². The van der Waals surface area contributed by atoms with Gasteiger partial charge >= 0.3 is 0 Å². The van der Waals surface area contributed by atoms with Crippen molar-refractivity contribution in [3.8, 4) is 0 Å². The Morgan fingerprint density at radius 3 is 3.09 bits per heavy atom. The fourth-order valence-electron chi connectivity index (χ4n) is 3.11. The largest absolute Gasteiger partial charge is 0.340 e. The zero-order valence-corrected chi connectivity index (χ0v) is 14.0. The van der Waals surface area contributed by atoms with Crippen LogP contribution < -0.4 is 0 Å². The molecule has 0 bridgehead atoms. The van der Waals surface area contributed by atoms with Crippen LogP contribution in [0.2, 0.25) is 0 Å². The number of nitrogens with zero attached hydrogens (tertiary/aromatic N) is 4. The average Bonchev–Trinajstić information content (AvgIpc) is 3.16. The summed E-state index contributed by atoms with van der Waals surface area (Å²) in [5.41, 5.74) is 0.895. The molecule has 3 rings (SSSR count). The summed E-state index contributed by atoms with van der Waals surface area (Å²) in [6.07, 6.45) is 7.41. The van der Waals surface area contributed by atoms with E-state index in [0.717, 1.165) is 48.9 Å². The number of piperidine rings is 1. The second-order valence-electron chi connectivity index (χ2n) is 5.77. The molecule has 5 nitrogen and oxygen atoms in total. The highest BCUT2D eigenvalue weighted by Gasteiger charge is 2.26. The third kappa shape index (κ3) is 3.21. The Balaban J connectivity index is 1.66. The van der Waals surface area contributed by atoms with Gasteiger partial charge in [0.05, 0.1) is 23.2 Å². The second kappa shape index (κ2) is 6.60. The van der Waals surface area contributed by atoms with Crippen LogP contribution in [0.15, 0.2) is 17.8 Å². The zero-order chi connectivity index (χ0) is 15.5. The molecule has 0 spiro atoms. The van der Waals surface area contributed by atoms with Crippen molar-refractivity contribution in [2.24, 2.45) is 0 Å². The van der Waals surface area contributed by atoms with Crippen molar-refractivity contribution in [3.63, 3.8) is 0 Å². The Morgan fingerprint density at radius 2 is 2.36 bits per heavy atom. The van der Waals surface area contributed by atoms with E-state index in [1.165, 1.54) is 0 Å². The Labute approximate surface area is 135 Å². The quantitative estimate of drug-likeness (QED) is 0.871. The molecule has 1 aliphatic rings. The van der Waals surface area contributed by atoms with E-state index in [-0.39, 0.29) is 5.91 Å². The van der Waals surface area contributed by atoms with Crippen molar-refractivity contribution < 1.29 is 4.79 Å². The van der Waals surface area contributed by atoms with Gasteiger partial charge in [-0.1, -0.05) is 6.92 Å². The van der Waals surface area contributed by atoms with Gasteiger partial charge in [0.15, 0.2) is 0 Å². The lowest BCUT2D eigenvalue weighted by molar-refractivity contribution is -0.132. The number of rotatable bonds is 4. The first-order valence-electron chi connectivity index (χ1n) is 7.88. The molecule has 3 heterocycles. The molecular weight excluding hydrogens is 296 g/mol. The maximum Gasteiger partial charge on any atom is 0.228 e. The average molecular weight is 318 g/mol. The van der Waals surface area contributed by atoms with Gasteiger partial charge in [-0.15, -0.1) is 11.3 Å². The highest BCUT2D eigenvalue weighted by molar-refractivity contribution is 7.09. The zero-order valence-electron chi connectivity index (χ0n) is 13.2. The van der Waals surface area contributed by atoms with Gasteiger partial charge in [0.25, 0.3) is 0 Å². The monoisotopic (exact) mass is 318 g/mol. The summed E-state index contributed by atoms with van der Waals surface area (Å²) < 4.78 is 2.24. The predicted octanol–water partition coefficient (Wildman–Crippen LogP) is 2.62. The smallest absolute Gasteiger partial charge is 0.228 e. The topological polar surface area (TPSA) is 51.0 Å². The molecule has 1 atom stereocenters. The number of hydrogen-bond donors (Lipinski definition) is 0. The minimum atomic E-state index is 0.188. The number of amides is 1. The fourth-order valence-corrected chi connectivity index (χ4v) is 3.73. The van der Waals surface area contributed by atoms with Crippen molar-refractivity contribution in [1.29, 1.82) is 0 Å². The standard InChI is InChI=1S/C16H22N4OS/c1-3-15-17-6-8-20(15)14-5-4-7-19(10-14)16(21)9-13-11-22-12(2)18-13/h6,8,11,14H,3-5,7,9-10H2,1-2H3/t14-/m0/s1. The van der Waals surface area contributed by atoms with Gasteiger partial charge in [0, 0.05) is 37.3 Å². The second-order valence-corrected chi connectivity index (χ2v) is 6.84. The lowest BCUT2D eigenvalue weighted by Gasteiger charge is -2.34. The van der Waals surface area contributed by atoms with Crippen LogP contribution in [0.4, 0.5) is 0 Å². The van der Waals surface area contributed by atoms with E-state index < -0.39 is 0 Å². The van der Waals surface area contributed by atoms with Crippen molar-refractivity contribution in [3.05, 3.63) is 34.3 Å². The van der Waals surface area contributed by atoms with Crippen LogP contribution in [0.5, 0.6) is 0 Å². The molecule has 22 heavy (non-hydrogen) atoms. The van der Waals surface area contributed by atoms with E-state index in [1.807, 2.05) is 29.6 Å². The van der Waals surface area contributed by atoms with Gasteiger partial charge in [0.1, 0.15) is 5.82 Å². The Kier molecular flexibility index (Phi) is 4.57. The molecule has 118 valence electrons. The number of aromatic nitrogens is 3. The lowest BCUT2D eigenvalue weighted by atomic mass is 10.0. The van der Waals surface area contributed by atoms with E-state index in [9.17, 15) is 4.79 Å². The third-order valence-electron chi connectivity index (χ3n) is 4.21. The number of imidazole rings is 1. The highest BCUT2D eigenvalue weighted by Crippen LogP contribution is 2.23. The van der Waals surface area contributed by atoms with Crippen molar-refractivity contribution in [1.82, 2.24) is 19.4 Å². The van der Waals surface area contributed by atoms with Crippen LogP contribution in [-0.4, -0.2) is 38.4 Å². The molecule has 1 saturated heterocycles.